The molecule has 85 heavy (non-hydrogen) atoms. The van der Waals surface area contributed by atoms with E-state index >= 15 is 4.79 Å². The van der Waals surface area contributed by atoms with E-state index in [0.717, 1.165) is 25.7 Å². The van der Waals surface area contributed by atoms with Crippen LogP contribution in [-0.4, -0.2) is 263 Å². The second-order valence-corrected chi connectivity index (χ2v) is 28.7. The van der Waals surface area contributed by atoms with Crippen LogP contribution in [0.1, 0.15) is 120 Å². The van der Waals surface area contributed by atoms with Gasteiger partial charge in [0.1, 0.15) is 110 Å². The Labute approximate surface area is 494 Å². The van der Waals surface area contributed by atoms with Gasteiger partial charge in [-0.3, -0.25) is 4.79 Å². The first-order valence-electron chi connectivity index (χ1n) is 30.6. The highest BCUT2D eigenvalue weighted by Gasteiger charge is 2.70. The van der Waals surface area contributed by atoms with Crippen LogP contribution in [-0.2, 0) is 52.2 Å². The summed E-state index contributed by atoms with van der Waals surface area (Å²) < 4.78 is 59.4. The van der Waals surface area contributed by atoms with E-state index < -0.39 is 190 Å². The number of ether oxygens (including phenoxy) is 10. The average Bonchev–Trinajstić information content (AvgIpc) is 0.699. The second-order valence-electron chi connectivity index (χ2n) is 28.7. The molecule has 15 N–H and O–H groups in total. The van der Waals surface area contributed by atoms with Crippen molar-refractivity contribution in [2.24, 2.45) is 50.2 Å². The van der Waals surface area contributed by atoms with E-state index in [1.165, 1.54) is 12.5 Å². The zero-order valence-corrected chi connectivity index (χ0v) is 49.8. The van der Waals surface area contributed by atoms with E-state index in [4.69, 9.17) is 47.4 Å². The SMILES string of the molecule is C[C@@H]1O[C@@H](O[C@H]2[C@H](O)[C@@H](O)[C@H](OC[C@H]3O[C@@H](OC(=O)[C@]45CCC(C)(C)C[C@H]4C4=CC[C@@H]6[C@@]7(C)CC[C@H](O[C@@H]8OC[C@@H](O)[C@H](O)[C@H]8O[C@@H]8O[C@H](CO)[C@@H](O)[C@H](O)[C@H]8O)C(C)(C)[C@@H]7CC[C@@]6(C)[C@]4(C)CC5)[C@H](O)[C@@H](O)[C@@H]3O)O[C@@H]2CO)[C@H](O)[C@H](O)[C@H]1O. The molecule has 5 heterocycles. The lowest BCUT2D eigenvalue weighted by Gasteiger charge is -2.71. The van der Waals surface area contributed by atoms with Gasteiger partial charge in [0.2, 0.25) is 6.29 Å². The molecule has 0 unspecified atom stereocenters. The number of hydrogen-bond donors (Lipinski definition) is 15. The summed E-state index contributed by atoms with van der Waals surface area (Å²) in [5.74, 6) is -0.520. The molecule has 0 bridgehead atoms. The van der Waals surface area contributed by atoms with Crippen molar-refractivity contribution in [2.75, 3.05) is 26.4 Å². The maximum absolute atomic E-state index is 15.2. The first-order valence-corrected chi connectivity index (χ1v) is 30.6. The summed E-state index contributed by atoms with van der Waals surface area (Å²) in [6, 6.07) is 0. The highest BCUT2D eigenvalue weighted by atomic mass is 16.8. The minimum Gasteiger partial charge on any atom is -0.432 e. The molecule has 0 amide bonds. The number of carbonyl (C=O) groups is 1. The highest BCUT2D eigenvalue weighted by molar-refractivity contribution is 5.79. The molecule has 4 saturated carbocycles. The molecule has 32 atom stereocenters. The largest absolute Gasteiger partial charge is 0.432 e. The number of aliphatic hydroxyl groups excluding tert-OH is 15. The summed E-state index contributed by atoms with van der Waals surface area (Å²) in [6.45, 7) is 15.0. The van der Waals surface area contributed by atoms with E-state index in [1.807, 2.05) is 0 Å². The lowest BCUT2D eigenvalue weighted by molar-refractivity contribution is -0.367. The summed E-state index contributed by atoms with van der Waals surface area (Å²) in [6.07, 6.45) is -29.5. The summed E-state index contributed by atoms with van der Waals surface area (Å²) in [5, 5.41) is 161. The summed E-state index contributed by atoms with van der Waals surface area (Å²) in [7, 11) is 0. The van der Waals surface area contributed by atoms with Crippen molar-refractivity contribution in [3.05, 3.63) is 11.6 Å². The average molecular weight is 1220 g/mol. The van der Waals surface area contributed by atoms with Crippen molar-refractivity contribution in [2.45, 2.75) is 273 Å². The molecule has 10 rings (SSSR count). The fraction of sp³-hybridized carbons (Fsp3) is 0.949. The van der Waals surface area contributed by atoms with Gasteiger partial charge in [0.25, 0.3) is 0 Å². The Morgan fingerprint density at radius 2 is 1.13 bits per heavy atom. The van der Waals surface area contributed by atoms with Gasteiger partial charge in [0, 0.05) is 0 Å². The molecular weight excluding hydrogens is 1120 g/mol. The lowest BCUT2D eigenvalue weighted by Crippen LogP contribution is -2.66. The monoisotopic (exact) mass is 1220 g/mol. The van der Waals surface area contributed by atoms with E-state index in [9.17, 15) is 76.6 Å². The van der Waals surface area contributed by atoms with Gasteiger partial charge in [0.05, 0.1) is 44.1 Å². The van der Waals surface area contributed by atoms with Crippen LogP contribution in [0.4, 0.5) is 0 Å². The molecule has 0 aromatic rings. The minimum absolute atomic E-state index is 0.141. The Bertz CT molecular complexity index is 2360. The first-order chi connectivity index (χ1) is 39.8. The number of esters is 1. The van der Waals surface area contributed by atoms with Crippen LogP contribution < -0.4 is 0 Å². The number of allylic oxidation sites excluding steroid dienone is 2. The molecule has 10 aliphatic rings. The van der Waals surface area contributed by atoms with Crippen molar-refractivity contribution in [1.82, 2.24) is 0 Å². The van der Waals surface area contributed by atoms with E-state index in [0.29, 0.717) is 38.5 Å². The number of rotatable bonds is 13. The third-order valence-electron chi connectivity index (χ3n) is 23.1. The summed E-state index contributed by atoms with van der Waals surface area (Å²) >= 11 is 0. The Morgan fingerprint density at radius 3 is 1.80 bits per heavy atom. The van der Waals surface area contributed by atoms with Crippen molar-refractivity contribution in [1.29, 1.82) is 0 Å². The normalized spacial score (nSPS) is 54.1. The predicted octanol–water partition coefficient (Wildman–Crippen LogP) is -2.54. The minimum atomic E-state index is -1.89. The van der Waals surface area contributed by atoms with Gasteiger partial charge in [0.15, 0.2) is 25.2 Å². The quantitative estimate of drug-likeness (QED) is 0.0513. The zero-order chi connectivity index (χ0) is 62.0. The highest BCUT2D eigenvalue weighted by Crippen LogP contribution is 2.76. The molecule has 488 valence electrons. The van der Waals surface area contributed by atoms with Crippen LogP contribution >= 0.6 is 0 Å². The van der Waals surface area contributed by atoms with Crippen LogP contribution in [0.2, 0.25) is 0 Å². The van der Waals surface area contributed by atoms with E-state index in [-0.39, 0.29) is 46.0 Å². The molecule has 5 aliphatic carbocycles. The van der Waals surface area contributed by atoms with Gasteiger partial charge in [-0.2, -0.15) is 0 Å². The molecule has 0 radical (unpaired) electrons. The van der Waals surface area contributed by atoms with Crippen LogP contribution in [0.25, 0.3) is 0 Å². The molecule has 0 aromatic carbocycles. The van der Waals surface area contributed by atoms with Gasteiger partial charge in [-0.25, -0.2) is 0 Å². The smallest absolute Gasteiger partial charge is 0.315 e. The Balaban J connectivity index is 0.824. The van der Waals surface area contributed by atoms with Gasteiger partial charge in [-0.15, -0.1) is 0 Å². The topological polar surface area (TPSA) is 413 Å². The number of aliphatic hydroxyl groups is 15. The third kappa shape index (κ3) is 11.2. The fourth-order valence-electron chi connectivity index (χ4n) is 17.6. The molecule has 26 heteroatoms. The maximum Gasteiger partial charge on any atom is 0.315 e. The number of carbonyl (C=O) groups excluding carboxylic acids is 1. The van der Waals surface area contributed by atoms with Crippen molar-refractivity contribution < 1.29 is 129 Å². The second kappa shape index (κ2) is 24.4. The maximum atomic E-state index is 15.2. The fourth-order valence-corrected chi connectivity index (χ4v) is 17.6. The van der Waals surface area contributed by atoms with Gasteiger partial charge >= 0.3 is 5.97 Å². The number of hydrogen-bond acceptors (Lipinski definition) is 26. The standard InChI is InChI=1S/C59H96O26/c1-24-34(63)38(67)42(71)49(78-24)83-46-29(21-61)80-48(45(74)41(46)70)77-23-30-37(66)40(69)44(73)51(81-30)85-53(75)59-17-15-54(2,3)19-26(59)25-9-10-32-56(6)13-12-33(55(4,5)31(56)11-14-58(32,8)57(25,7)16-18-59)82-52-47(35(64)27(62)22-76-52)84-50-43(72)39(68)36(65)28(20-60)79-50/h9,24,26-52,60-74H,10-23H2,1-8H3/t24-,26-,27+,28+,29+,30+,31-,32+,33-,34-,35-,36+,37+,38+,39-,40-,41+,42+,43+,44+,45+,46+,47+,48+,49-,50-,51-,52-,56-,57+,58+,59-/m0/s1. The van der Waals surface area contributed by atoms with Gasteiger partial charge in [-0.1, -0.05) is 60.1 Å². The Morgan fingerprint density at radius 1 is 0.553 bits per heavy atom. The van der Waals surface area contributed by atoms with Gasteiger partial charge in [-0.05, 0) is 116 Å². The molecule has 9 fully saturated rings. The molecule has 5 aliphatic heterocycles. The predicted molar refractivity (Wildman–Crippen MR) is 288 cm³/mol. The van der Waals surface area contributed by atoms with Crippen LogP contribution in [0.3, 0.4) is 0 Å². The Kier molecular flexibility index (Phi) is 19.0. The summed E-state index contributed by atoms with van der Waals surface area (Å²) in [4.78, 5) is 15.2. The summed E-state index contributed by atoms with van der Waals surface area (Å²) in [5.41, 5.74) is -1.25. The zero-order valence-electron chi connectivity index (χ0n) is 49.8. The first kappa shape index (κ1) is 66.2. The lowest BCUT2D eigenvalue weighted by atomic mass is 9.33. The van der Waals surface area contributed by atoms with Gasteiger partial charge < -0.3 is 124 Å². The van der Waals surface area contributed by atoms with E-state index in [1.54, 1.807) is 0 Å². The van der Waals surface area contributed by atoms with Crippen molar-refractivity contribution >= 4 is 5.97 Å². The number of fused-ring (bicyclic) bond motifs is 7. The third-order valence-corrected chi connectivity index (χ3v) is 23.1. The molecule has 0 aromatic heterocycles. The van der Waals surface area contributed by atoms with Crippen LogP contribution in [0, 0.1) is 50.2 Å². The van der Waals surface area contributed by atoms with Crippen LogP contribution in [0.5, 0.6) is 0 Å². The van der Waals surface area contributed by atoms with E-state index in [2.05, 4.69) is 54.5 Å². The van der Waals surface area contributed by atoms with Crippen molar-refractivity contribution in [3.8, 4) is 0 Å². The molecule has 5 saturated heterocycles. The van der Waals surface area contributed by atoms with Crippen LogP contribution in [0.15, 0.2) is 11.6 Å². The Hall–Kier alpha value is -1.75. The molecule has 26 nitrogen and oxygen atoms in total. The molecule has 0 spiro atoms. The van der Waals surface area contributed by atoms with Crippen molar-refractivity contribution in [3.63, 3.8) is 0 Å². The molecular formula is C59H96O26.